The molecule has 2 amide bonds. The number of carbonyl (C=O) groups excluding carboxylic acids is 2. The molecule has 1 aromatic carbocycles. The highest BCUT2D eigenvalue weighted by molar-refractivity contribution is 5.97. The third-order valence-electron chi connectivity index (χ3n) is 6.14. The Bertz CT molecular complexity index is 719. The molecule has 146 valence electrons. The van der Waals surface area contributed by atoms with Crippen molar-refractivity contribution in [2.75, 3.05) is 39.4 Å². The number of morpholine rings is 1. The number of aromatic hydroxyl groups is 1. The molecule has 2 fully saturated rings. The first-order valence-electron chi connectivity index (χ1n) is 10.1. The van der Waals surface area contributed by atoms with Gasteiger partial charge in [-0.15, -0.1) is 0 Å². The minimum absolute atomic E-state index is 0.00993. The maximum absolute atomic E-state index is 12.9. The van der Waals surface area contributed by atoms with Crippen LogP contribution in [0.15, 0.2) is 12.1 Å². The van der Waals surface area contributed by atoms with Crippen LogP contribution in [0.5, 0.6) is 5.75 Å². The predicted molar refractivity (Wildman–Crippen MR) is 101 cm³/mol. The summed E-state index contributed by atoms with van der Waals surface area (Å²) in [5.41, 5.74) is 2.78. The lowest BCUT2D eigenvalue weighted by Crippen LogP contribution is -2.47. The number of benzene rings is 1. The Balaban J connectivity index is 1.39. The van der Waals surface area contributed by atoms with Gasteiger partial charge < -0.3 is 19.6 Å². The van der Waals surface area contributed by atoms with Crippen LogP contribution in [0.25, 0.3) is 0 Å². The van der Waals surface area contributed by atoms with Crippen LogP contribution < -0.4 is 0 Å². The van der Waals surface area contributed by atoms with Gasteiger partial charge in [0.15, 0.2) is 0 Å². The van der Waals surface area contributed by atoms with Crippen molar-refractivity contribution in [1.29, 1.82) is 0 Å². The van der Waals surface area contributed by atoms with Gasteiger partial charge in [0.05, 0.1) is 18.8 Å². The fraction of sp³-hybridized carbons (Fsp3) is 0.619. The predicted octanol–water partition coefficient (Wildman–Crippen LogP) is 1.98. The van der Waals surface area contributed by atoms with Gasteiger partial charge in [0, 0.05) is 32.1 Å². The average Bonchev–Trinajstić information content (AvgIpc) is 2.73. The van der Waals surface area contributed by atoms with Gasteiger partial charge in [-0.1, -0.05) is 0 Å². The van der Waals surface area contributed by atoms with Crippen LogP contribution >= 0.6 is 0 Å². The van der Waals surface area contributed by atoms with Crippen molar-refractivity contribution >= 4 is 11.8 Å². The normalized spacial score (nSPS) is 21.0. The first-order chi connectivity index (χ1) is 13.1. The minimum atomic E-state index is -0.113. The van der Waals surface area contributed by atoms with Crippen LogP contribution in [0.3, 0.4) is 0 Å². The van der Waals surface area contributed by atoms with Crippen molar-refractivity contribution in [1.82, 2.24) is 9.80 Å². The Morgan fingerprint density at radius 1 is 0.926 bits per heavy atom. The van der Waals surface area contributed by atoms with E-state index in [1.807, 2.05) is 11.0 Å². The van der Waals surface area contributed by atoms with Crippen molar-refractivity contribution in [3.63, 3.8) is 0 Å². The number of amides is 2. The van der Waals surface area contributed by atoms with Crippen molar-refractivity contribution in [3.05, 3.63) is 28.8 Å². The summed E-state index contributed by atoms with van der Waals surface area (Å²) >= 11 is 0. The highest BCUT2D eigenvalue weighted by atomic mass is 16.5. The number of piperidine rings is 1. The zero-order valence-corrected chi connectivity index (χ0v) is 15.8. The molecule has 3 aliphatic rings. The van der Waals surface area contributed by atoms with Gasteiger partial charge in [0.2, 0.25) is 5.91 Å². The van der Waals surface area contributed by atoms with Crippen molar-refractivity contribution in [3.8, 4) is 5.75 Å². The molecule has 1 aromatic rings. The van der Waals surface area contributed by atoms with Crippen molar-refractivity contribution in [2.24, 2.45) is 5.92 Å². The number of carbonyl (C=O) groups is 2. The molecular weight excluding hydrogens is 344 g/mol. The van der Waals surface area contributed by atoms with E-state index in [2.05, 4.69) is 0 Å². The summed E-state index contributed by atoms with van der Waals surface area (Å²) in [6, 6.07) is 3.66. The largest absolute Gasteiger partial charge is 0.507 e. The lowest BCUT2D eigenvalue weighted by Gasteiger charge is -2.35. The van der Waals surface area contributed by atoms with Gasteiger partial charge in [0.25, 0.3) is 5.91 Å². The molecule has 6 heteroatoms. The number of fused-ring (bicyclic) bond motifs is 1. The summed E-state index contributed by atoms with van der Waals surface area (Å²) < 4.78 is 5.31. The zero-order valence-electron chi connectivity index (χ0n) is 15.8. The number of rotatable bonds is 2. The van der Waals surface area contributed by atoms with Gasteiger partial charge in [-0.2, -0.15) is 0 Å². The number of likely N-dealkylation sites (tertiary alicyclic amines) is 1. The molecule has 0 spiro atoms. The molecule has 0 aromatic heterocycles. The Kier molecular flexibility index (Phi) is 5.34. The van der Waals surface area contributed by atoms with Crippen molar-refractivity contribution < 1.29 is 19.4 Å². The van der Waals surface area contributed by atoms with E-state index < -0.39 is 0 Å². The first-order valence-corrected chi connectivity index (χ1v) is 10.1. The summed E-state index contributed by atoms with van der Waals surface area (Å²) in [7, 11) is 0. The molecule has 0 bridgehead atoms. The number of phenols is 1. The molecule has 0 atom stereocenters. The molecule has 0 saturated carbocycles. The van der Waals surface area contributed by atoms with Gasteiger partial charge in [-0.05, 0) is 61.8 Å². The molecule has 0 radical (unpaired) electrons. The van der Waals surface area contributed by atoms with E-state index in [4.69, 9.17) is 4.74 Å². The third-order valence-corrected chi connectivity index (χ3v) is 6.14. The first kappa shape index (κ1) is 18.3. The highest BCUT2D eigenvalue weighted by Gasteiger charge is 2.32. The van der Waals surface area contributed by atoms with Gasteiger partial charge in [0.1, 0.15) is 5.75 Å². The van der Waals surface area contributed by atoms with Crippen LogP contribution in [0, 0.1) is 5.92 Å². The second kappa shape index (κ2) is 7.89. The molecule has 2 saturated heterocycles. The molecule has 0 unspecified atom stereocenters. The SMILES string of the molecule is O=C(c1cc2c(cc1O)CCCC2)N1CCC(C(=O)N2CCOCC2)CC1. The zero-order chi connectivity index (χ0) is 18.8. The summed E-state index contributed by atoms with van der Waals surface area (Å²) in [6.45, 7) is 3.69. The third kappa shape index (κ3) is 3.81. The van der Waals surface area contributed by atoms with Crippen LogP contribution in [0.2, 0.25) is 0 Å². The van der Waals surface area contributed by atoms with Crippen LogP contribution in [0.1, 0.15) is 47.2 Å². The van der Waals surface area contributed by atoms with E-state index in [1.54, 1.807) is 11.0 Å². The fourth-order valence-corrected chi connectivity index (χ4v) is 4.49. The lowest BCUT2D eigenvalue weighted by atomic mass is 9.89. The van der Waals surface area contributed by atoms with Crippen LogP contribution in [-0.4, -0.2) is 66.1 Å². The Hall–Kier alpha value is -2.08. The topological polar surface area (TPSA) is 70.1 Å². The van der Waals surface area contributed by atoms with Gasteiger partial charge in [-0.25, -0.2) is 0 Å². The van der Waals surface area contributed by atoms with Gasteiger partial charge >= 0.3 is 0 Å². The number of ether oxygens (including phenoxy) is 1. The molecular formula is C21H28N2O4. The quantitative estimate of drug-likeness (QED) is 0.862. The van der Waals surface area contributed by atoms with Crippen LogP contribution in [-0.2, 0) is 22.4 Å². The van der Waals surface area contributed by atoms with Crippen molar-refractivity contribution in [2.45, 2.75) is 38.5 Å². The Morgan fingerprint density at radius 3 is 2.22 bits per heavy atom. The minimum Gasteiger partial charge on any atom is -0.507 e. The smallest absolute Gasteiger partial charge is 0.257 e. The molecule has 1 N–H and O–H groups in total. The molecule has 27 heavy (non-hydrogen) atoms. The molecule has 6 nitrogen and oxygen atoms in total. The number of nitrogens with zero attached hydrogens (tertiary/aromatic N) is 2. The van der Waals surface area contributed by atoms with E-state index in [1.165, 1.54) is 11.1 Å². The van der Waals surface area contributed by atoms with E-state index in [-0.39, 0.29) is 23.5 Å². The maximum atomic E-state index is 12.9. The number of hydrogen-bond donors (Lipinski definition) is 1. The Labute approximate surface area is 160 Å². The van der Waals surface area contributed by atoms with E-state index in [0.717, 1.165) is 25.7 Å². The number of hydrogen-bond acceptors (Lipinski definition) is 4. The molecule has 2 aliphatic heterocycles. The maximum Gasteiger partial charge on any atom is 0.257 e. The molecule has 2 heterocycles. The summed E-state index contributed by atoms with van der Waals surface area (Å²) in [5.74, 6) is 0.164. The second-order valence-corrected chi connectivity index (χ2v) is 7.85. The van der Waals surface area contributed by atoms with E-state index >= 15 is 0 Å². The molecule has 4 rings (SSSR count). The van der Waals surface area contributed by atoms with Crippen LogP contribution in [0.4, 0.5) is 0 Å². The van der Waals surface area contributed by atoms with Gasteiger partial charge in [-0.3, -0.25) is 9.59 Å². The lowest BCUT2D eigenvalue weighted by molar-refractivity contribution is -0.141. The number of aryl methyl sites for hydroxylation is 2. The fourth-order valence-electron chi connectivity index (χ4n) is 4.49. The highest BCUT2D eigenvalue weighted by Crippen LogP contribution is 2.30. The van der Waals surface area contributed by atoms with E-state index in [9.17, 15) is 14.7 Å². The summed E-state index contributed by atoms with van der Waals surface area (Å²) in [5, 5.41) is 10.4. The Morgan fingerprint density at radius 2 is 1.56 bits per heavy atom. The average molecular weight is 372 g/mol. The van der Waals surface area contributed by atoms with E-state index in [0.29, 0.717) is 57.8 Å². The monoisotopic (exact) mass is 372 g/mol. The summed E-state index contributed by atoms with van der Waals surface area (Å²) in [4.78, 5) is 29.3. The molecule has 1 aliphatic carbocycles. The second-order valence-electron chi connectivity index (χ2n) is 7.85. The standard InChI is InChI=1S/C21H28N2O4/c24-19-14-17-4-2-1-3-16(17)13-18(19)21(26)22-7-5-15(6-8-22)20(25)23-9-11-27-12-10-23/h13-15,24H,1-12H2. The summed E-state index contributed by atoms with van der Waals surface area (Å²) in [6.07, 6.45) is 5.62. The number of phenolic OH excluding ortho intramolecular Hbond substituents is 1.